The normalized spacial score (nSPS) is 17.0. The fraction of sp³-hybridized carbons (Fsp3) is 0.643. The van der Waals surface area contributed by atoms with Gasteiger partial charge in [0, 0.05) is 29.8 Å². The SMILES string of the molecule is NCCN(c1ncc(Br)cc1C(F)(F)F)C1CCCCC1. The second-order valence-corrected chi connectivity index (χ2v) is 6.21. The highest BCUT2D eigenvalue weighted by molar-refractivity contribution is 9.10. The highest BCUT2D eigenvalue weighted by Gasteiger charge is 2.37. The molecule has 1 aromatic rings. The van der Waals surface area contributed by atoms with Crippen LogP contribution in [0.1, 0.15) is 37.7 Å². The Bertz CT molecular complexity index is 473. The molecule has 0 aliphatic heterocycles. The maximum absolute atomic E-state index is 13.3. The van der Waals surface area contributed by atoms with Gasteiger partial charge in [0.1, 0.15) is 5.82 Å². The standard InChI is InChI=1S/C14H19BrF3N3/c15-10-8-12(14(16,17)18)13(20-9-10)21(7-6-19)11-4-2-1-3-5-11/h8-9,11H,1-7,19H2. The number of alkyl halides is 3. The molecule has 0 bridgehead atoms. The Morgan fingerprint density at radius 3 is 2.52 bits per heavy atom. The minimum Gasteiger partial charge on any atom is -0.352 e. The first-order valence-corrected chi connectivity index (χ1v) is 7.92. The number of anilines is 1. The van der Waals surface area contributed by atoms with Crippen LogP contribution in [0, 0.1) is 0 Å². The summed E-state index contributed by atoms with van der Waals surface area (Å²) in [5.74, 6) is 0.00282. The summed E-state index contributed by atoms with van der Waals surface area (Å²) >= 11 is 3.07. The molecule has 118 valence electrons. The Kier molecular flexibility index (Phi) is 5.48. The molecule has 0 radical (unpaired) electrons. The quantitative estimate of drug-likeness (QED) is 0.877. The van der Waals surface area contributed by atoms with Gasteiger partial charge in [-0.25, -0.2) is 4.98 Å². The van der Waals surface area contributed by atoms with E-state index in [9.17, 15) is 13.2 Å². The predicted molar refractivity (Wildman–Crippen MR) is 80.2 cm³/mol. The highest BCUT2D eigenvalue weighted by atomic mass is 79.9. The van der Waals surface area contributed by atoms with Crippen molar-refractivity contribution in [1.29, 1.82) is 0 Å². The van der Waals surface area contributed by atoms with Gasteiger partial charge in [0.15, 0.2) is 0 Å². The van der Waals surface area contributed by atoms with Crippen molar-refractivity contribution in [2.45, 2.75) is 44.3 Å². The molecule has 0 spiro atoms. The summed E-state index contributed by atoms with van der Waals surface area (Å²) in [4.78, 5) is 5.79. The summed E-state index contributed by atoms with van der Waals surface area (Å²) in [6, 6.07) is 1.19. The van der Waals surface area contributed by atoms with Crippen molar-refractivity contribution in [3.05, 3.63) is 22.3 Å². The average molecular weight is 366 g/mol. The Hall–Kier alpha value is -0.820. The lowest BCUT2D eigenvalue weighted by molar-refractivity contribution is -0.137. The van der Waals surface area contributed by atoms with Crippen molar-refractivity contribution in [1.82, 2.24) is 4.98 Å². The third-order valence-corrected chi connectivity index (χ3v) is 4.23. The molecule has 0 aromatic carbocycles. The highest BCUT2D eigenvalue weighted by Crippen LogP contribution is 2.38. The number of hydrogen-bond donors (Lipinski definition) is 1. The first-order valence-electron chi connectivity index (χ1n) is 7.13. The Morgan fingerprint density at radius 2 is 1.95 bits per heavy atom. The molecule has 7 heteroatoms. The van der Waals surface area contributed by atoms with Crippen LogP contribution in [0.25, 0.3) is 0 Å². The zero-order valence-corrected chi connectivity index (χ0v) is 13.3. The van der Waals surface area contributed by atoms with E-state index in [2.05, 4.69) is 20.9 Å². The molecule has 2 rings (SSSR count). The van der Waals surface area contributed by atoms with Crippen LogP contribution in [-0.4, -0.2) is 24.1 Å². The van der Waals surface area contributed by atoms with Crippen molar-refractivity contribution in [2.24, 2.45) is 5.73 Å². The second kappa shape index (κ2) is 6.96. The number of hydrogen-bond acceptors (Lipinski definition) is 3. The van der Waals surface area contributed by atoms with E-state index in [-0.39, 0.29) is 11.9 Å². The van der Waals surface area contributed by atoms with Crippen LogP contribution in [0.3, 0.4) is 0 Å². The van der Waals surface area contributed by atoms with Gasteiger partial charge in [0.2, 0.25) is 0 Å². The number of rotatable bonds is 4. The Labute approximate surface area is 130 Å². The number of aromatic nitrogens is 1. The molecule has 0 amide bonds. The third kappa shape index (κ3) is 4.10. The zero-order valence-electron chi connectivity index (χ0n) is 11.7. The van der Waals surface area contributed by atoms with Crippen molar-refractivity contribution < 1.29 is 13.2 Å². The summed E-state index contributed by atoms with van der Waals surface area (Å²) in [5.41, 5.74) is 4.90. The van der Waals surface area contributed by atoms with Gasteiger partial charge in [-0.3, -0.25) is 0 Å². The molecule has 2 N–H and O–H groups in total. The molecule has 1 aliphatic carbocycles. The Balaban J connectivity index is 2.39. The molecule has 1 heterocycles. The van der Waals surface area contributed by atoms with Crippen molar-refractivity contribution in [2.75, 3.05) is 18.0 Å². The van der Waals surface area contributed by atoms with Gasteiger partial charge in [0.05, 0.1) is 5.56 Å². The van der Waals surface area contributed by atoms with Gasteiger partial charge in [-0.1, -0.05) is 19.3 Å². The van der Waals surface area contributed by atoms with Gasteiger partial charge < -0.3 is 10.6 Å². The molecule has 21 heavy (non-hydrogen) atoms. The van der Waals surface area contributed by atoms with Crippen molar-refractivity contribution >= 4 is 21.7 Å². The van der Waals surface area contributed by atoms with Crippen LogP contribution in [0.5, 0.6) is 0 Å². The topological polar surface area (TPSA) is 42.1 Å². The second-order valence-electron chi connectivity index (χ2n) is 5.30. The summed E-state index contributed by atoms with van der Waals surface area (Å²) in [7, 11) is 0. The smallest absolute Gasteiger partial charge is 0.352 e. The van der Waals surface area contributed by atoms with Crippen LogP contribution in [-0.2, 0) is 6.18 Å². The summed E-state index contributed by atoms with van der Waals surface area (Å²) < 4.78 is 40.2. The summed E-state index contributed by atoms with van der Waals surface area (Å²) in [5, 5.41) is 0. The van der Waals surface area contributed by atoms with Crippen LogP contribution >= 0.6 is 15.9 Å². The van der Waals surface area contributed by atoms with Gasteiger partial charge in [-0.05, 0) is 34.8 Å². The third-order valence-electron chi connectivity index (χ3n) is 3.80. The van der Waals surface area contributed by atoms with E-state index in [1.807, 2.05) is 0 Å². The minimum absolute atomic E-state index is 0.00282. The molecule has 0 atom stereocenters. The van der Waals surface area contributed by atoms with Gasteiger partial charge in [-0.2, -0.15) is 13.2 Å². The maximum Gasteiger partial charge on any atom is 0.419 e. The fourth-order valence-corrected chi connectivity index (χ4v) is 3.19. The molecule has 1 aromatic heterocycles. The number of nitrogens with two attached hydrogens (primary N) is 1. The summed E-state index contributed by atoms with van der Waals surface area (Å²) in [6.45, 7) is 0.702. The van der Waals surface area contributed by atoms with E-state index in [4.69, 9.17) is 5.73 Å². The van der Waals surface area contributed by atoms with E-state index >= 15 is 0 Å². The lowest BCUT2D eigenvalue weighted by Crippen LogP contribution is -2.41. The van der Waals surface area contributed by atoms with Gasteiger partial charge in [0.25, 0.3) is 0 Å². The van der Waals surface area contributed by atoms with Crippen molar-refractivity contribution in [3.63, 3.8) is 0 Å². The van der Waals surface area contributed by atoms with E-state index in [0.717, 1.165) is 38.2 Å². The lowest BCUT2D eigenvalue weighted by atomic mass is 9.94. The van der Waals surface area contributed by atoms with E-state index < -0.39 is 11.7 Å². The monoisotopic (exact) mass is 365 g/mol. The van der Waals surface area contributed by atoms with Crippen molar-refractivity contribution in [3.8, 4) is 0 Å². The molecule has 1 aliphatic rings. The van der Waals surface area contributed by atoms with E-state index in [1.54, 1.807) is 4.90 Å². The average Bonchev–Trinajstić information content (AvgIpc) is 2.45. The maximum atomic E-state index is 13.3. The largest absolute Gasteiger partial charge is 0.419 e. The molecular formula is C14H19BrF3N3. The fourth-order valence-electron chi connectivity index (χ4n) is 2.86. The molecule has 1 fully saturated rings. The molecule has 0 saturated heterocycles. The first kappa shape index (κ1) is 16.5. The molecule has 0 unspecified atom stereocenters. The van der Waals surface area contributed by atoms with E-state index in [1.165, 1.54) is 6.20 Å². The van der Waals surface area contributed by atoms with Crippen LogP contribution in [0.15, 0.2) is 16.7 Å². The first-order chi connectivity index (χ1) is 9.93. The van der Waals surface area contributed by atoms with Gasteiger partial charge in [-0.15, -0.1) is 0 Å². The van der Waals surface area contributed by atoms with Gasteiger partial charge >= 0.3 is 6.18 Å². The Morgan fingerprint density at radius 1 is 1.29 bits per heavy atom. The van der Waals surface area contributed by atoms with Crippen LogP contribution in [0.2, 0.25) is 0 Å². The zero-order chi connectivity index (χ0) is 15.5. The summed E-state index contributed by atoms with van der Waals surface area (Å²) in [6.07, 6.45) is 2.02. The molecule has 1 saturated carbocycles. The number of halogens is 4. The number of pyridine rings is 1. The minimum atomic E-state index is -4.42. The predicted octanol–water partition coefficient (Wildman–Crippen LogP) is 3.96. The number of nitrogens with zero attached hydrogens (tertiary/aromatic N) is 2. The molecular weight excluding hydrogens is 347 g/mol. The van der Waals surface area contributed by atoms with Crippen LogP contribution < -0.4 is 10.6 Å². The van der Waals surface area contributed by atoms with Crippen LogP contribution in [0.4, 0.5) is 19.0 Å². The molecule has 3 nitrogen and oxygen atoms in total. The lowest BCUT2D eigenvalue weighted by Gasteiger charge is -2.36. The van der Waals surface area contributed by atoms with E-state index in [0.29, 0.717) is 17.6 Å².